The minimum absolute atomic E-state index is 0.0556. The van der Waals surface area contributed by atoms with Crippen LogP contribution in [-0.4, -0.2) is 14.4 Å². The van der Waals surface area contributed by atoms with Crippen LogP contribution in [0.2, 0.25) is 0 Å². The van der Waals surface area contributed by atoms with E-state index in [0.717, 1.165) is 0 Å². The van der Waals surface area contributed by atoms with Gasteiger partial charge in [0.05, 0.1) is 0 Å². The molecule has 1 aromatic carbocycles. The normalized spacial score (nSPS) is 10.9. The second-order valence-corrected chi connectivity index (χ2v) is 4.31. The lowest BCUT2D eigenvalue weighted by Crippen LogP contribution is -2.80. The van der Waals surface area contributed by atoms with Crippen molar-refractivity contribution in [2.45, 2.75) is 4.90 Å². The lowest BCUT2D eigenvalue weighted by Gasteiger charge is -1.97. The van der Waals surface area contributed by atoms with Gasteiger partial charge in [0.25, 0.3) is 0 Å². The van der Waals surface area contributed by atoms with E-state index < -0.39 is 10.0 Å². The number of benzene rings is 1. The Labute approximate surface area is 81.5 Å². The fourth-order valence-corrected chi connectivity index (χ4v) is 1.78. The van der Waals surface area contributed by atoms with Gasteiger partial charge in [0.15, 0.2) is 0 Å². The van der Waals surface area contributed by atoms with Crippen molar-refractivity contribution < 1.29 is 12.8 Å². The van der Waals surface area contributed by atoms with Gasteiger partial charge in [-0.05, 0) is 24.3 Å². The van der Waals surface area contributed by atoms with Crippen molar-refractivity contribution in [3.05, 3.63) is 24.3 Å². The first kappa shape index (κ1) is 10.3. The van der Waals surface area contributed by atoms with Crippen LogP contribution in [0.25, 0.3) is 0 Å². The standard InChI is InChI=1S/C7H10N4O2S/c8-5-1-3-6(4-2-5)14(12,13)11-7(9)10/h1-4H,8H2,(H4,9,10,11)/p+1. The number of hydrogen-bond acceptors (Lipinski definition) is 3. The fraction of sp³-hybridized carbons (Fsp3) is 0. The van der Waals surface area contributed by atoms with Crippen LogP contribution in [0.3, 0.4) is 0 Å². The highest BCUT2D eigenvalue weighted by Gasteiger charge is 2.13. The van der Waals surface area contributed by atoms with Crippen molar-refractivity contribution in [3.8, 4) is 0 Å². The lowest BCUT2D eigenvalue weighted by atomic mass is 10.3. The van der Waals surface area contributed by atoms with Crippen LogP contribution in [0.15, 0.2) is 29.2 Å². The molecule has 14 heavy (non-hydrogen) atoms. The summed E-state index contributed by atoms with van der Waals surface area (Å²) in [6.07, 6.45) is 0. The molecule has 0 aliphatic rings. The summed E-state index contributed by atoms with van der Waals surface area (Å²) in [6, 6.07) is 5.67. The number of sulfonamides is 1. The Morgan fingerprint density at radius 2 is 1.64 bits per heavy atom. The predicted octanol–water partition coefficient (Wildman–Crippen LogP) is -2.69. The number of nitrogen functional groups attached to an aromatic ring is 1. The summed E-state index contributed by atoms with van der Waals surface area (Å²) in [5.74, 6) is -0.373. The number of anilines is 1. The molecule has 0 aliphatic heterocycles. The molecule has 1 rings (SSSR count). The molecule has 7 heteroatoms. The van der Waals surface area contributed by atoms with Gasteiger partial charge in [-0.3, -0.25) is 11.5 Å². The van der Waals surface area contributed by atoms with Crippen molar-refractivity contribution in [1.82, 2.24) is 0 Å². The smallest absolute Gasteiger partial charge is 0.353 e. The lowest BCUT2D eigenvalue weighted by molar-refractivity contribution is -0.270. The highest BCUT2D eigenvalue weighted by molar-refractivity contribution is 7.84. The summed E-state index contributed by atoms with van der Waals surface area (Å²) in [4.78, 5) is 0.0556. The Morgan fingerprint density at radius 3 is 2.07 bits per heavy atom. The molecule has 6 nitrogen and oxygen atoms in total. The summed E-state index contributed by atoms with van der Waals surface area (Å²) in [5, 5.41) is 0. The van der Waals surface area contributed by atoms with E-state index in [-0.39, 0.29) is 10.9 Å². The highest BCUT2D eigenvalue weighted by Crippen LogP contribution is 2.08. The second kappa shape index (κ2) is 3.54. The molecule has 0 saturated heterocycles. The number of nitrogens with one attached hydrogen (secondary N) is 1. The first-order valence-electron chi connectivity index (χ1n) is 3.68. The SMILES string of the molecule is NC(N)=[NH+]S(=O)(=O)c1ccc(N)cc1. The van der Waals surface area contributed by atoms with E-state index >= 15 is 0 Å². The number of nitrogens with two attached hydrogens (primary N) is 3. The maximum Gasteiger partial charge on any atom is 0.353 e. The number of guanidine groups is 1. The van der Waals surface area contributed by atoms with Gasteiger partial charge in [-0.1, -0.05) is 0 Å². The molecule has 0 unspecified atom stereocenters. The van der Waals surface area contributed by atoms with Gasteiger partial charge in [-0.2, -0.15) is 12.8 Å². The second-order valence-electron chi connectivity index (χ2n) is 2.63. The molecule has 0 amide bonds. The Balaban J connectivity index is 3.18. The van der Waals surface area contributed by atoms with Crippen molar-refractivity contribution in [2.24, 2.45) is 11.5 Å². The van der Waals surface area contributed by atoms with Gasteiger partial charge in [0.2, 0.25) is 0 Å². The summed E-state index contributed by atoms with van der Waals surface area (Å²) >= 11 is 0. The van der Waals surface area contributed by atoms with Crippen LogP contribution in [-0.2, 0) is 10.0 Å². The van der Waals surface area contributed by atoms with Crippen LogP contribution in [0.1, 0.15) is 0 Å². The number of hydrogen-bond donors (Lipinski definition) is 4. The Bertz CT molecular complexity index is 445. The third-order valence-electron chi connectivity index (χ3n) is 1.44. The van der Waals surface area contributed by atoms with Crippen molar-refractivity contribution in [1.29, 1.82) is 0 Å². The van der Waals surface area contributed by atoms with E-state index in [1.54, 1.807) is 0 Å². The summed E-state index contributed by atoms with van der Waals surface area (Å²) in [5.41, 5.74) is 15.9. The van der Waals surface area contributed by atoms with E-state index in [9.17, 15) is 8.42 Å². The molecule has 0 radical (unpaired) electrons. The molecule has 0 heterocycles. The molecular weight excluding hydrogens is 204 g/mol. The molecule has 76 valence electrons. The zero-order valence-corrected chi connectivity index (χ0v) is 8.08. The van der Waals surface area contributed by atoms with Crippen LogP contribution in [0.4, 0.5) is 5.69 Å². The molecule has 0 aromatic heterocycles. The van der Waals surface area contributed by atoms with E-state index in [1.807, 2.05) is 4.40 Å². The van der Waals surface area contributed by atoms with E-state index in [4.69, 9.17) is 17.2 Å². The minimum atomic E-state index is -3.67. The summed E-state index contributed by atoms with van der Waals surface area (Å²) in [6.45, 7) is 0. The minimum Gasteiger partial charge on any atom is -0.399 e. The Morgan fingerprint density at radius 1 is 1.14 bits per heavy atom. The van der Waals surface area contributed by atoms with Gasteiger partial charge in [0.1, 0.15) is 4.90 Å². The van der Waals surface area contributed by atoms with E-state index in [0.29, 0.717) is 5.69 Å². The molecule has 0 fully saturated rings. The topological polar surface area (TPSA) is 126 Å². The fourth-order valence-electron chi connectivity index (χ4n) is 0.861. The third-order valence-corrected chi connectivity index (χ3v) is 2.84. The Hall–Kier alpha value is -1.76. The molecule has 0 saturated carbocycles. The van der Waals surface area contributed by atoms with Crippen molar-refractivity contribution in [2.75, 3.05) is 5.73 Å². The number of rotatable bonds is 2. The average molecular weight is 215 g/mol. The molecule has 0 atom stereocenters. The highest BCUT2D eigenvalue weighted by atomic mass is 32.2. The van der Waals surface area contributed by atoms with Gasteiger partial charge in [0, 0.05) is 5.69 Å². The molecular formula is C7H11N4O2S+. The van der Waals surface area contributed by atoms with Crippen LogP contribution in [0, 0.1) is 0 Å². The summed E-state index contributed by atoms with van der Waals surface area (Å²) in [7, 11) is -3.67. The van der Waals surface area contributed by atoms with Crippen LogP contribution in [0.5, 0.6) is 0 Å². The maximum atomic E-state index is 11.4. The van der Waals surface area contributed by atoms with Gasteiger partial charge in [-0.15, -0.1) is 0 Å². The van der Waals surface area contributed by atoms with Gasteiger partial charge < -0.3 is 5.73 Å². The zero-order valence-electron chi connectivity index (χ0n) is 7.27. The molecule has 1 aromatic rings. The van der Waals surface area contributed by atoms with E-state index in [1.165, 1.54) is 24.3 Å². The van der Waals surface area contributed by atoms with Crippen LogP contribution < -0.4 is 21.6 Å². The molecule has 0 bridgehead atoms. The van der Waals surface area contributed by atoms with Crippen molar-refractivity contribution >= 4 is 21.7 Å². The molecule has 0 spiro atoms. The van der Waals surface area contributed by atoms with Crippen LogP contribution >= 0.6 is 0 Å². The predicted molar refractivity (Wildman–Crippen MR) is 52.4 cm³/mol. The largest absolute Gasteiger partial charge is 0.399 e. The average Bonchev–Trinajstić information content (AvgIpc) is 2.02. The van der Waals surface area contributed by atoms with Gasteiger partial charge in [-0.25, -0.2) is 0 Å². The monoisotopic (exact) mass is 215 g/mol. The first-order valence-corrected chi connectivity index (χ1v) is 5.16. The quantitative estimate of drug-likeness (QED) is 0.243. The van der Waals surface area contributed by atoms with Crippen molar-refractivity contribution in [3.63, 3.8) is 0 Å². The Kier molecular flexibility index (Phi) is 2.61. The summed E-state index contributed by atoms with van der Waals surface area (Å²) < 4.78 is 24.8. The first-order chi connectivity index (χ1) is 6.42. The van der Waals surface area contributed by atoms with Gasteiger partial charge >= 0.3 is 16.0 Å². The molecule has 7 N–H and O–H groups in total. The van der Waals surface area contributed by atoms with E-state index in [2.05, 4.69) is 0 Å². The molecule has 0 aliphatic carbocycles. The maximum absolute atomic E-state index is 11.4. The zero-order chi connectivity index (χ0) is 10.8. The third kappa shape index (κ3) is 2.36.